The highest BCUT2D eigenvalue weighted by atomic mass is 32.2. The number of hydrogen-bond acceptors (Lipinski definition) is 4. The number of aryl methyl sites for hydroxylation is 1. The SMILES string of the molecule is CCCS(=O)(=O)c1ccccc1C(=O)Nc1ccc(CCC(=O)O)cc1. The molecule has 2 N–H and O–H groups in total. The van der Waals surface area contributed by atoms with Crippen LogP contribution >= 0.6 is 0 Å². The summed E-state index contributed by atoms with van der Waals surface area (Å²) in [5, 5.41) is 11.4. The highest BCUT2D eigenvalue weighted by Gasteiger charge is 2.21. The fraction of sp³-hybridized carbons (Fsp3) is 0.263. The van der Waals surface area contributed by atoms with E-state index in [9.17, 15) is 18.0 Å². The summed E-state index contributed by atoms with van der Waals surface area (Å²) in [6, 6.07) is 12.9. The molecule has 2 aromatic carbocycles. The van der Waals surface area contributed by atoms with Gasteiger partial charge in [0.15, 0.2) is 9.84 Å². The van der Waals surface area contributed by atoms with Crippen molar-refractivity contribution in [2.24, 2.45) is 0 Å². The predicted octanol–water partition coefficient (Wildman–Crippen LogP) is 3.14. The number of anilines is 1. The van der Waals surface area contributed by atoms with E-state index in [0.29, 0.717) is 18.5 Å². The number of carboxylic acids is 1. The molecule has 0 spiro atoms. The number of carbonyl (C=O) groups is 2. The van der Waals surface area contributed by atoms with Crippen LogP contribution in [0.5, 0.6) is 0 Å². The van der Waals surface area contributed by atoms with Gasteiger partial charge in [0.05, 0.1) is 16.2 Å². The van der Waals surface area contributed by atoms with E-state index in [1.54, 1.807) is 43.3 Å². The maximum Gasteiger partial charge on any atom is 0.303 e. The molecule has 0 heterocycles. The quantitative estimate of drug-likeness (QED) is 0.738. The van der Waals surface area contributed by atoms with Gasteiger partial charge in [-0.1, -0.05) is 31.2 Å². The average molecular weight is 375 g/mol. The fourth-order valence-electron chi connectivity index (χ4n) is 2.51. The van der Waals surface area contributed by atoms with E-state index >= 15 is 0 Å². The number of sulfone groups is 1. The van der Waals surface area contributed by atoms with Gasteiger partial charge >= 0.3 is 5.97 Å². The van der Waals surface area contributed by atoms with E-state index in [1.807, 2.05) is 0 Å². The van der Waals surface area contributed by atoms with E-state index < -0.39 is 21.7 Å². The minimum Gasteiger partial charge on any atom is -0.481 e. The van der Waals surface area contributed by atoms with Crippen LogP contribution in [0, 0.1) is 0 Å². The van der Waals surface area contributed by atoms with Gasteiger partial charge in [-0.05, 0) is 42.7 Å². The van der Waals surface area contributed by atoms with E-state index in [0.717, 1.165) is 5.56 Å². The van der Waals surface area contributed by atoms with Gasteiger partial charge in [0.25, 0.3) is 5.91 Å². The first kappa shape index (κ1) is 19.7. The van der Waals surface area contributed by atoms with Crippen molar-refractivity contribution in [2.45, 2.75) is 31.1 Å². The lowest BCUT2D eigenvalue weighted by molar-refractivity contribution is -0.136. The first-order chi connectivity index (χ1) is 12.3. The predicted molar refractivity (Wildman–Crippen MR) is 99.1 cm³/mol. The van der Waals surface area contributed by atoms with Crippen molar-refractivity contribution in [1.29, 1.82) is 0 Å². The molecule has 0 saturated carbocycles. The highest BCUT2D eigenvalue weighted by Crippen LogP contribution is 2.20. The Hall–Kier alpha value is -2.67. The van der Waals surface area contributed by atoms with Crippen LogP contribution in [0.15, 0.2) is 53.4 Å². The number of hydrogen-bond donors (Lipinski definition) is 2. The van der Waals surface area contributed by atoms with Gasteiger partial charge in [-0.15, -0.1) is 0 Å². The minimum absolute atomic E-state index is 0.0183. The summed E-state index contributed by atoms with van der Waals surface area (Å²) >= 11 is 0. The lowest BCUT2D eigenvalue weighted by Gasteiger charge is -2.11. The molecule has 0 aliphatic rings. The fourth-order valence-corrected chi connectivity index (χ4v) is 4.05. The Bertz CT molecular complexity index is 888. The molecule has 2 aromatic rings. The Morgan fingerprint density at radius 2 is 1.69 bits per heavy atom. The molecule has 1 amide bonds. The summed E-state index contributed by atoms with van der Waals surface area (Å²) in [5.41, 5.74) is 1.46. The third-order valence-corrected chi connectivity index (χ3v) is 5.75. The second-order valence-corrected chi connectivity index (χ2v) is 7.94. The Morgan fingerprint density at radius 3 is 2.31 bits per heavy atom. The molecule has 0 fully saturated rings. The molecule has 26 heavy (non-hydrogen) atoms. The molecule has 0 aliphatic carbocycles. The van der Waals surface area contributed by atoms with Gasteiger partial charge < -0.3 is 10.4 Å². The maximum atomic E-state index is 12.5. The monoisotopic (exact) mass is 375 g/mol. The van der Waals surface area contributed by atoms with Crippen LogP contribution in [0.4, 0.5) is 5.69 Å². The second-order valence-electron chi connectivity index (χ2n) is 5.86. The molecule has 7 heteroatoms. The standard InChI is InChI=1S/C19H21NO5S/c1-2-13-26(24,25)17-6-4-3-5-16(17)19(23)20-15-10-7-14(8-11-15)9-12-18(21)22/h3-8,10-11H,2,9,12-13H2,1H3,(H,20,23)(H,21,22). The summed E-state index contributed by atoms with van der Waals surface area (Å²) in [7, 11) is -3.52. The summed E-state index contributed by atoms with van der Waals surface area (Å²) < 4.78 is 24.7. The summed E-state index contributed by atoms with van der Waals surface area (Å²) in [4.78, 5) is 23.2. The lowest BCUT2D eigenvalue weighted by Crippen LogP contribution is -2.17. The normalized spacial score (nSPS) is 11.1. The molecule has 6 nitrogen and oxygen atoms in total. The number of nitrogens with one attached hydrogen (secondary N) is 1. The van der Waals surface area contributed by atoms with Crippen LogP contribution in [0.3, 0.4) is 0 Å². The minimum atomic E-state index is -3.52. The van der Waals surface area contributed by atoms with Crippen LogP contribution in [0.2, 0.25) is 0 Å². The van der Waals surface area contributed by atoms with Gasteiger partial charge in [0.2, 0.25) is 0 Å². The third-order valence-electron chi connectivity index (χ3n) is 3.78. The zero-order valence-corrected chi connectivity index (χ0v) is 15.3. The lowest BCUT2D eigenvalue weighted by atomic mass is 10.1. The van der Waals surface area contributed by atoms with Crippen molar-refractivity contribution >= 4 is 27.4 Å². The molecule has 0 radical (unpaired) electrons. The van der Waals surface area contributed by atoms with Crippen LogP contribution < -0.4 is 5.32 Å². The van der Waals surface area contributed by atoms with E-state index in [4.69, 9.17) is 5.11 Å². The summed E-state index contributed by atoms with van der Waals surface area (Å²) in [6.45, 7) is 1.77. The van der Waals surface area contributed by atoms with Gasteiger partial charge in [-0.2, -0.15) is 0 Å². The van der Waals surface area contributed by atoms with E-state index in [-0.39, 0.29) is 22.6 Å². The van der Waals surface area contributed by atoms with Crippen molar-refractivity contribution in [3.8, 4) is 0 Å². The van der Waals surface area contributed by atoms with Crippen molar-refractivity contribution in [3.63, 3.8) is 0 Å². The Balaban J connectivity index is 2.17. The maximum absolute atomic E-state index is 12.5. The largest absolute Gasteiger partial charge is 0.481 e. The van der Waals surface area contributed by atoms with Gasteiger partial charge in [-0.3, -0.25) is 9.59 Å². The molecule has 0 atom stereocenters. The molecule has 0 aliphatic heterocycles. The zero-order chi connectivity index (χ0) is 19.2. The molecule has 0 unspecified atom stereocenters. The molecule has 0 saturated heterocycles. The Morgan fingerprint density at radius 1 is 1.04 bits per heavy atom. The van der Waals surface area contributed by atoms with Crippen LogP contribution in [0.25, 0.3) is 0 Å². The van der Waals surface area contributed by atoms with Crippen LogP contribution in [-0.4, -0.2) is 31.2 Å². The highest BCUT2D eigenvalue weighted by molar-refractivity contribution is 7.91. The number of carbonyl (C=O) groups excluding carboxylic acids is 1. The number of rotatable bonds is 8. The number of carboxylic acid groups (broad SMARTS) is 1. The third kappa shape index (κ3) is 5.16. The number of aliphatic carboxylic acids is 1. The van der Waals surface area contributed by atoms with Gasteiger partial charge in [0.1, 0.15) is 0 Å². The molecule has 0 aromatic heterocycles. The van der Waals surface area contributed by atoms with Crippen molar-refractivity contribution in [2.75, 3.05) is 11.1 Å². The van der Waals surface area contributed by atoms with Crippen molar-refractivity contribution in [3.05, 3.63) is 59.7 Å². The molecular weight excluding hydrogens is 354 g/mol. The summed E-state index contributed by atoms with van der Waals surface area (Å²) in [5.74, 6) is -1.39. The van der Waals surface area contributed by atoms with E-state index in [1.165, 1.54) is 12.1 Å². The molecular formula is C19H21NO5S. The first-order valence-corrected chi connectivity index (χ1v) is 9.92. The Kier molecular flexibility index (Phi) is 6.52. The Labute approximate surface area is 152 Å². The number of amides is 1. The number of benzene rings is 2. The second kappa shape index (κ2) is 8.62. The smallest absolute Gasteiger partial charge is 0.303 e. The van der Waals surface area contributed by atoms with Gasteiger partial charge in [0, 0.05) is 12.1 Å². The van der Waals surface area contributed by atoms with Gasteiger partial charge in [-0.25, -0.2) is 8.42 Å². The first-order valence-electron chi connectivity index (χ1n) is 8.27. The average Bonchev–Trinajstić information content (AvgIpc) is 2.61. The molecule has 2 rings (SSSR count). The van der Waals surface area contributed by atoms with E-state index in [2.05, 4.69) is 5.32 Å². The molecule has 0 bridgehead atoms. The van der Waals surface area contributed by atoms with Crippen LogP contribution in [-0.2, 0) is 21.1 Å². The van der Waals surface area contributed by atoms with Crippen molar-refractivity contribution in [1.82, 2.24) is 0 Å². The molecule has 138 valence electrons. The summed E-state index contributed by atoms with van der Waals surface area (Å²) in [6.07, 6.45) is 0.909. The van der Waals surface area contributed by atoms with Crippen molar-refractivity contribution < 1.29 is 23.1 Å². The van der Waals surface area contributed by atoms with Crippen LogP contribution in [0.1, 0.15) is 35.7 Å². The topological polar surface area (TPSA) is 101 Å². The zero-order valence-electron chi connectivity index (χ0n) is 14.4.